The van der Waals surface area contributed by atoms with Gasteiger partial charge in [0.15, 0.2) is 4.91 Å². The first-order valence-electron chi connectivity index (χ1n) is 9.30. The molecular formula is C23H19BrN2O3S. The van der Waals surface area contributed by atoms with E-state index in [4.69, 9.17) is 0 Å². The third-order valence-electron chi connectivity index (χ3n) is 4.87. The number of hydrogen-bond acceptors (Lipinski definition) is 4. The standard InChI is InChI=1S/C23H19BrN2O3S/c1-16-6-8-17(9-7-16)15-26-21-5-3-2-4-20(21)23(27)22(30(26,28)29)14-25-19-12-10-18(24)11-13-19/h2-14,25H,15H2,1H3. The summed E-state index contributed by atoms with van der Waals surface area (Å²) in [6, 6.07) is 21.7. The molecule has 30 heavy (non-hydrogen) atoms. The van der Waals surface area contributed by atoms with Crippen LogP contribution in [-0.4, -0.2) is 14.2 Å². The Morgan fingerprint density at radius 2 is 1.63 bits per heavy atom. The Kier molecular flexibility index (Phi) is 5.49. The summed E-state index contributed by atoms with van der Waals surface area (Å²) in [5.74, 6) is -0.518. The number of sulfonamides is 1. The molecule has 0 amide bonds. The molecule has 1 aliphatic rings. The summed E-state index contributed by atoms with van der Waals surface area (Å²) in [5.41, 5.74) is 3.37. The Balaban J connectivity index is 1.76. The van der Waals surface area contributed by atoms with Gasteiger partial charge < -0.3 is 5.32 Å². The van der Waals surface area contributed by atoms with Crippen molar-refractivity contribution in [1.29, 1.82) is 0 Å². The summed E-state index contributed by atoms with van der Waals surface area (Å²) in [6.07, 6.45) is 1.28. The second-order valence-electron chi connectivity index (χ2n) is 7.00. The number of benzene rings is 3. The van der Waals surface area contributed by atoms with E-state index in [0.29, 0.717) is 16.9 Å². The summed E-state index contributed by atoms with van der Waals surface area (Å²) in [5, 5.41) is 2.94. The van der Waals surface area contributed by atoms with Gasteiger partial charge in [-0.05, 0) is 48.9 Å². The maximum Gasteiger partial charge on any atom is 0.270 e. The van der Waals surface area contributed by atoms with Gasteiger partial charge >= 0.3 is 0 Å². The largest absolute Gasteiger partial charge is 0.360 e. The monoisotopic (exact) mass is 482 g/mol. The van der Waals surface area contributed by atoms with E-state index in [1.807, 2.05) is 43.3 Å². The molecule has 1 N–H and O–H groups in total. The van der Waals surface area contributed by atoms with Crippen molar-refractivity contribution in [3.8, 4) is 0 Å². The molecule has 0 saturated carbocycles. The van der Waals surface area contributed by atoms with Gasteiger partial charge in [-0.3, -0.25) is 9.10 Å². The highest BCUT2D eigenvalue weighted by Crippen LogP contribution is 2.36. The molecule has 0 fully saturated rings. The molecule has 1 aliphatic heterocycles. The van der Waals surface area contributed by atoms with Crippen molar-refractivity contribution in [3.63, 3.8) is 0 Å². The zero-order valence-corrected chi connectivity index (χ0v) is 18.6. The van der Waals surface area contributed by atoms with Crippen LogP contribution >= 0.6 is 15.9 Å². The van der Waals surface area contributed by atoms with E-state index < -0.39 is 15.8 Å². The molecule has 0 aliphatic carbocycles. The Hall–Kier alpha value is -2.90. The average Bonchev–Trinajstić information content (AvgIpc) is 2.73. The van der Waals surface area contributed by atoms with Crippen molar-refractivity contribution < 1.29 is 13.2 Å². The van der Waals surface area contributed by atoms with Crippen LogP contribution in [0.4, 0.5) is 11.4 Å². The van der Waals surface area contributed by atoms with Crippen LogP contribution < -0.4 is 9.62 Å². The third-order valence-corrected chi connectivity index (χ3v) is 7.16. The van der Waals surface area contributed by atoms with Gasteiger partial charge in [-0.1, -0.05) is 57.9 Å². The van der Waals surface area contributed by atoms with E-state index in [2.05, 4.69) is 21.2 Å². The smallest absolute Gasteiger partial charge is 0.270 e. The summed E-state index contributed by atoms with van der Waals surface area (Å²) in [6.45, 7) is 2.12. The normalized spacial score (nSPS) is 16.4. The van der Waals surface area contributed by atoms with Crippen molar-refractivity contribution in [3.05, 3.63) is 105 Å². The lowest BCUT2D eigenvalue weighted by atomic mass is 10.1. The van der Waals surface area contributed by atoms with Gasteiger partial charge in [-0.15, -0.1) is 0 Å². The van der Waals surface area contributed by atoms with E-state index >= 15 is 0 Å². The minimum absolute atomic E-state index is 0.141. The molecule has 0 unspecified atom stereocenters. The minimum atomic E-state index is -4.04. The predicted molar refractivity (Wildman–Crippen MR) is 123 cm³/mol. The van der Waals surface area contributed by atoms with Crippen molar-refractivity contribution in [2.45, 2.75) is 13.5 Å². The van der Waals surface area contributed by atoms with Gasteiger partial charge in [0.25, 0.3) is 10.0 Å². The number of nitrogens with one attached hydrogen (secondary N) is 1. The van der Waals surface area contributed by atoms with Crippen LogP contribution in [0.25, 0.3) is 0 Å². The lowest BCUT2D eigenvalue weighted by Gasteiger charge is -2.31. The first-order valence-corrected chi connectivity index (χ1v) is 11.5. The number of carbonyl (C=O) groups excluding carboxylic acids is 1. The second-order valence-corrected chi connectivity index (χ2v) is 9.75. The van der Waals surface area contributed by atoms with Crippen LogP contribution in [0.1, 0.15) is 21.5 Å². The highest BCUT2D eigenvalue weighted by Gasteiger charge is 2.39. The number of hydrogen-bond donors (Lipinski definition) is 1. The summed E-state index contributed by atoms with van der Waals surface area (Å²) in [7, 11) is -4.04. The molecule has 5 nitrogen and oxygen atoms in total. The van der Waals surface area contributed by atoms with E-state index in [1.54, 1.807) is 36.4 Å². The van der Waals surface area contributed by atoms with Crippen molar-refractivity contribution in [2.24, 2.45) is 0 Å². The summed E-state index contributed by atoms with van der Waals surface area (Å²) >= 11 is 3.36. The molecule has 0 spiro atoms. The highest BCUT2D eigenvalue weighted by molar-refractivity contribution is 9.10. The number of anilines is 2. The first kappa shape index (κ1) is 20.4. The molecule has 152 valence electrons. The van der Waals surface area contributed by atoms with Crippen molar-refractivity contribution in [1.82, 2.24) is 0 Å². The third kappa shape index (κ3) is 3.91. The van der Waals surface area contributed by atoms with Crippen LogP contribution in [0.3, 0.4) is 0 Å². The van der Waals surface area contributed by atoms with Crippen LogP contribution in [0.15, 0.2) is 88.4 Å². The van der Waals surface area contributed by atoms with Crippen LogP contribution in [0.5, 0.6) is 0 Å². The van der Waals surface area contributed by atoms with Gasteiger partial charge in [0.05, 0.1) is 12.2 Å². The zero-order valence-electron chi connectivity index (χ0n) is 16.2. The molecule has 0 saturated heterocycles. The van der Waals surface area contributed by atoms with Crippen LogP contribution in [0.2, 0.25) is 0 Å². The van der Waals surface area contributed by atoms with E-state index in [0.717, 1.165) is 15.6 Å². The van der Waals surface area contributed by atoms with Crippen molar-refractivity contribution >= 4 is 43.1 Å². The number of rotatable bonds is 4. The molecule has 4 rings (SSSR count). The maximum atomic E-state index is 13.4. The molecule has 7 heteroatoms. The first-order chi connectivity index (χ1) is 14.4. The molecule has 0 bridgehead atoms. The molecule has 0 radical (unpaired) electrons. The van der Waals surface area contributed by atoms with Gasteiger partial charge in [0, 0.05) is 21.9 Å². The van der Waals surface area contributed by atoms with Gasteiger partial charge in [-0.25, -0.2) is 8.42 Å². The quantitative estimate of drug-likeness (QED) is 0.516. The number of Topliss-reactive ketones (excluding diaryl/α,β-unsaturated/α-hetero) is 1. The number of ketones is 1. The molecule has 0 atom stereocenters. The molecule has 1 heterocycles. The molecular weight excluding hydrogens is 464 g/mol. The SMILES string of the molecule is Cc1ccc(CN2c3ccccc3C(=O)C(=CNc3ccc(Br)cc3)S2(=O)=O)cc1. The predicted octanol–water partition coefficient (Wildman–Crippen LogP) is 5.24. The lowest BCUT2D eigenvalue weighted by Crippen LogP contribution is -2.39. The number of allylic oxidation sites excluding steroid dienone is 1. The minimum Gasteiger partial charge on any atom is -0.360 e. The van der Waals surface area contributed by atoms with Gasteiger partial charge in [-0.2, -0.15) is 0 Å². The summed E-state index contributed by atoms with van der Waals surface area (Å²) in [4.78, 5) is 12.7. The van der Waals surface area contributed by atoms with E-state index in [-0.39, 0.29) is 11.4 Å². The number of halogens is 1. The topological polar surface area (TPSA) is 66.5 Å². The lowest BCUT2D eigenvalue weighted by molar-refractivity contribution is 0.104. The van der Waals surface area contributed by atoms with Crippen molar-refractivity contribution in [2.75, 3.05) is 9.62 Å². The fraction of sp³-hybridized carbons (Fsp3) is 0.0870. The van der Waals surface area contributed by atoms with E-state index in [9.17, 15) is 13.2 Å². The summed E-state index contributed by atoms with van der Waals surface area (Å²) < 4.78 is 29.0. The van der Waals surface area contributed by atoms with Gasteiger partial charge in [0.1, 0.15) is 0 Å². The number of fused-ring (bicyclic) bond motifs is 1. The molecule has 3 aromatic carbocycles. The zero-order chi connectivity index (χ0) is 21.3. The Bertz CT molecular complexity index is 1230. The Labute approximate surface area is 184 Å². The maximum absolute atomic E-state index is 13.4. The van der Waals surface area contributed by atoms with Crippen LogP contribution in [-0.2, 0) is 16.6 Å². The fourth-order valence-electron chi connectivity index (χ4n) is 3.25. The highest BCUT2D eigenvalue weighted by atomic mass is 79.9. The average molecular weight is 483 g/mol. The Morgan fingerprint density at radius 1 is 0.967 bits per heavy atom. The van der Waals surface area contributed by atoms with Gasteiger partial charge in [0.2, 0.25) is 5.78 Å². The number of nitrogens with zero attached hydrogens (tertiary/aromatic N) is 1. The fourth-order valence-corrected chi connectivity index (χ4v) is 5.04. The van der Waals surface area contributed by atoms with Crippen LogP contribution in [0, 0.1) is 6.92 Å². The molecule has 0 aromatic heterocycles. The number of aryl methyl sites for hydroxylation is 1. The Morgan fingerprint density at radius 3 is 2.33 bits per heavy atom. The second kappa shape index (κ2) is 8.08. The van der Waals surface area contributed by atoms with E-state index in [1.165, 1.54) is 10.5 Å². The number of carbonyl (C=O) groups is 1. The molecule has 3 aromatic rings. The number of para-hydroxylation sites is 1.